The Morgan fingerprint density at radius 3 is 2.68 bits per heavy atom. The lowest BCUT2D eigenvalue weighted by Crippen LogP contribution is -2.05. The molecular formula is C13H15F3N2O. The molecule has 1 aromatic heterocycles. The normalized spacial score (nSPS) is 12.3. The van der Waals surface area contributed by atoms with E-state index in [4.69, 9.17) is 4.74 Å². The molecule has 6 heteroatoms. The van der Waals surface area contributed by atoms with Crippen LogP contribution < -0.4 is 0 Å². The zero-order valence-electron chi connectivity index (χ0n) is 10.8. The van der Waals surface area contributed by atoms with Crippen molar-refractivity contribution in [2.45, 2.75) is 26.1 Å². The van der Waals surface area contributed by atoms with E-state index in [9.17, 15) is 13.2 Å². The molecule has 0 aliphatic heterocycles. The average molecular weight is 272 g/mol. The number of alkyl halides is 3. The average Bonchev–Trinajstić information content (AvgIpc) is 2.64. The maximum Gasteiger partial charge on any atom is 0.416 e. The Balaban J connectivity index is 2.37. The van der Waals surface area contributed by atoms with Gasteiger partial charge in [0, 0.05) is 20.3 Å². The third kappa shape index (κ3) is 2.89. The van der Waals surface area contributed by atoms with Crippen LogP contribution in [0.1, 0.15) is 17.8 Å². The van der Waals surface area contributed by atoms with Crippen molar-refractivity contribution < 1.29 is 17.9 Å². The van der Waals surface area contributed by atoms with Crippen LogP contribution in [0, 0.1) is 6.92 Å². The second-order valence-electron chi connectivity index (χ2n) is 4.36. The SMILES string of the molecule is COCCCn1c(C)nc2cc(C(F)(F)F)ccc21. The highest BCUT2D eigenvalue weighted by atomic mass is 19.4. The predicted octanol–water partition coefficient (Wildman–Crippen LogP) is 3.40. The van der Waals surface area contributed by atoms with Crippen LogP contribution in [0.25, 0.3) is 11.0 Å². The number of fused-ring (bicyclic) bond motifs is 1. The molecule has 0 N–H and O–H groups in total. The summed E-state index contributed by atoms with van der Waals surface area (Å²) in [6, 6.07) is 3.66. The van der Waals surface area contributed by atoms with Crippen LogP contribution in [-0.4, -0.2) is 23.3 Å². The van der Waals surface area contributed by atoms with Gasteiger partial charge in [0.25, 0.3) is 0 Å². The Morgan fingerprint density at radius 2 is 2.05 bits per heavy atom. The number of methoxy groups -OCH3 is 1. The molecule has 104 valence electrons. The largest absolute Gasteiger partial charge is 0.416 e. The summed E-state index contributed by atoms with van der Waals surface area (Å²) in [5.74, 6) is 0.713. The summed E-state index contributed by atoms with van der Waals surface area (Å²) >= 11 is 0. The first kappa shape index (κ1) is 13.9. The fourth-order valence-corrected chi connectivity index (χ4v) is 2.08. The highest BCUT2D eigenvalue weighted by Crippen LogP contribution is 2.31. The van der Waals surface area contributed by atoms with Crippen LogP contribution in [-0.2, 0) is 17.5 Å². The summed E-state index contributed by atoms with van der Waals surface area (Å²) in [5, 5.41) is 0. The fourth-order valence-electron chi connectivity index (χ4n) is 2.08. The van der Waals surface area contributed by atoms with Crippen molar-refractivity contribution in [2.24, 2.45) is 0 Å². The lowest BCUT2D eigenvalue weighted by atomic mass is 10.2. The molecule has 0 saturated heterocycles. The highest BCUT2D eigenvalue weighted by molar-refractivity contribution is 5.77. The number of halogens is 3. The van der Waals surface area contributed by atoms with E-state index in [1.165, 1.54) is 6.07 Å². The third-order valence-electron chi connectivity index (χ3n) is 3.00. The molecule has 0 amide bonds. The van der Waals surface area contributed by atoms with E-state index in [1.807, 2.05) is 4.57 Å². The molecule has 0 radical (unpaired) electrons. The molecule has 3 nitrogen and oxygen atoms in total. The molecule has 0 aliphatic carbocycles. The van der Waals surface area contributed by atoms with Crippen molar-refractivity contribution >= 4 is 11.0 Å². The first-order chi connectivity index (χ1) is 8.93. The Morgan fingerprint density at radius 1 is 1.32 bits per heavy atom. The third-order valence-corrected chi connectivity index (χ3v) is 3.00. The molecule has 0 saturated carbocycles. The number of hydrogen-bond donors (Lipinski definition) is 0. The molecule has 0 aliphatic rings. The van der Waals surface area contributed by atoms with Gasteiger partial charge in [-0.25, -0.2) is 4.98 Å². The van der Waals surface area contributed by atoms with Crippen molar-refractivity contribution in [3.63, 3.8) is 0 Å². The van der Waals surface area contributed by atoms with Crippen molar-refractivity contribution in [1.82, 2.24) is 9.55 Å². The van der Waals surface area contributed by atoms with Crippen LogP contribution in [0.4, 0.5) is 13.2 Å². The van der Waals surface area contributed by atoms with E-state index in [-0.39, 0.29) is 0 Å². The van der Waals surface area contributed by atoms with Gasteiger partial charge < -0.3 is 9.30 Å². The summed E-state index contributed by atoms with van der Waals surface area (Å²) in [6.07, 6.45) is -3.54. The van der Waals surface area contributed by atoms with Crippen LogP contribution in [0.2, 0.25) is 0 Å². The van der Waals surface area contributed by atoms with Gasteiger partial charge in [-0.2, -0.15) is 13.2 Å². The quantitative estimate of drug-likeness (QED) is 0.798. The van der Waals surface area contributed by atoms with Crippen molar-refractivity contribution in [1.29, 1.82) is 0 Å². The first-order valence-electron chi connectivity index (χ1n) is 5.96. The lowest BCUT2D eigenvalue weighted by molar-refractivity contribution is -0.137. The van der Waals surface area contributed by atoms with E-state index in [1.54, 1.807) is 14.0 Å². The number of rotatable bonds is 4. The van der Waals surface area contributed by atoms with Gasteiger partial charge >= 0.3 is 6.18 Å². The summed E-state index contributed by atoms with van der Waals surface area (Å²) in [6.45, 7) is 3.08. The van der Waals surface area contributed by atoms with Gasteiger partial charge in [-0.1, -0.05) is 0 Å². The van der Waals surface area contributed by atoms with Crippen molar-refractivity contribution in [2.75, 3.05) is 13.7 Å². The van der Waals surface area contributed by atoms with E-state index < -0.39 is 11.7 Å². The Kier molecular flexibility index (Phi) is 3.80. The van der Waals surface area contributed by atoms with Gasteiger partial charge in [-0.3, -0.25) is 0 Å². The second kappa shape index (κ2) is 5.21. The minimum atomic E-state index is -4.33. The Bertz CT molecular complexity index is 575. The summed E-state index contributed by atoms with van der Waals surface area (Å²) in [4.78, 5) is 4.19. The monoisotopic (exact) mass is 272 g/mol. The zero-order chi connectivity index (χ0) is 14.0. The van der Waals surface area contributed by atoms with Crippen molar-refractivity contribution in [3.8, 4) is 0 Å². The second-order valence-corrected chi connectivity index (χ2v) is 4.36. The molecular weight excluding hydrogens is 257 g/mol. The summed E-state index contributed by atoms with van der Waals surface area (Å²) in [7, 11) is 1.62. The van der Waals surface area contributed by atoms with Crippen LogP contribution in [0.15, 0.2) is 18.2 Å². The molecule has 0 unspecified atom stereocenters. The topological polar surface area (TPSA) is 27.1 Å². The molecule has 2 aromatic rings. The number of ether oxygens (including phenoxy) is 1. The number of hydrogen-bond acceptors (Lipinski definition) is 2. The number of aromatic nitrogens is 2. The maximum atomic E-state index is 12.6. The zero-order valence-corrected chi connectivity index (χ0v) is 10.8. The molecule has 1 aromatic carbocycles. The minimum Gasteiger partial charge on any atom is -0.385 e. The Labute approximate surface area is 109 Å². The van der Waals surface area contributed by atoms with Gasteiger partial charge in [0.05, 0.1) is 16.6 Å². The molecule has 0 fully saturated rings. The minimum absolute atomic E-state index is 0.379. The number of imidazole rings is 1. The molecule has 0 atom stereocenters. The number of nitrogens with zero attached hydrogens (tertiary/aromatic N) is 2. The van der Waals surface area contributed by atoms with E-state index in [2.05, 4.69) is 4.98 Å². The smallest absolute Gasteiger partial charge is 0.385 e. The standard InChI is InChI=1S/C13H15F3N2O/c1-9-17-11-8-10(13(14,15)16)4-5-12(11)18(9)6-3-7-19-2/h4-5,8H,3,6-7H2,1-2H3. The first-order valence-corrected chi connectivity index (χ1v) is 5.96. The van der Waals surface area contributed by atoms with Gasteiger partial charge in [0.2, 0.25) is 0 Å². The van der Waals surface area contributed by atoms with Crippen LogP contribution in [0.5, 0.6) is 0 Å². The van der Waals surface area contributed by atoms with Gasteiger partial charge in [0.1, 0.15) is 5.82 Å². The number of aryl methyl sites for hydroxylation is 2. The number of benzene rings is 1. The Hall–Kier alpha value is -1.56. The van der Waals surface area contributed by atoms with E-state index >= 15 is 0 Å². The maximum absolute atomic E-state index is 12.6. The van der Waals surface area contributed by atoms with Crippen LogP contribution >= 0.6 is 0 Å². The molecule has 2 rings (SSSR count). The molecule has 1 heterocycles. The fraction of sp³-hybridized carbons (Fsp3) is 0.462. The van der Waals surface area contributed by atoms with Gasteiger partial charge in [-0.15, -0.1) is 0 Å². The highest BCUT2D eigenvalue weighted by Gasteiger charge is 2.30. The molecule has 0 bridgehead atoms. The lowest BCUT2D eigenvalue weighted by Gasteiger charge is -2.08. The van der Waals surface area contributed by atoms with Crippen LogP contribution in [0.3, 0.4) is 0 Å². The molecule has 0 spiro atoms. The summed E-state index contributed by atoms with van der Waals surface area (Å²) < 4.78 is 44.7. The predicted molar refractivity (Wildman–Crippen MR) is 66.0 cm³/mol. The summed E-state index contributed by atoms with van der Waals surface area (Å²) in [5.41, 5.74) is 0.438. The molecule has 19 heavy (non-hydrogen) atoms. The van der Waals surface area contributed by atoms with Gasteiger partial charge in [-0.05, 0) is 31.5 Å². The van der Waals surface area contributed by atoms with Crippen molar-refractivity contribution in [3.05, 3.63) is 29.6 Å². The van der Waals surface area contributed by atoms with E-state index in [0.29, 0.717) is 24.5 Å². The van der Waals surface area contributed by atoms with Gasteiger partial charge in [0.15, 0.2) is 0 Å². The van der Waals surface area contributed by atoms with E-state index in [0.717, 1.165) is 24.1 Å².